The fraction of sp³-hybridized carbons (Fsp3) is 0. The first kappa shape index (κ1) is 5.69. The van der Waals surface area contributed by atoms with Gasteiger partial charge in [0.15, 0.2) is 4.67 Å². The summed E-state index contributed by atoms with van der Waals surface area (Å²) >= 11 is 2.79. The van der Waals surface area contributed by atoms with Crippen molar-refractivity contribution in [2.45, 2.75) is 0 Å². The second-order valence-corrected chi connectivity index (χ2v) is 1.45. The molecule has 0 unspecified atom stereocenters. The minimum absolute atomic E-state index is 0.234. The van der Waals surface area contributed by atoms with Gasteiger partial charge in [-0.05, 0) is 22.5 Å². The Hall–Kier alpha value is -0.310. The highest BCUT2D eigenvalue weighted by molar-refractivity contribution is 9.11. The average molecular weight is 151 g/mol. The fourth-order valence-corrected chi connectivity index (χ4v) is 0.129. The van der Waals surface area contributed by atoms with E-state index in [2.05, 4.69) is 27.2 Å². The van der Waals surface area contributed by atoms with Crippen LogP contribution in [0.25, 0.3) is 0 Å². The Kier molecular flexibility index (Phi) is 2.75. The summed E-state index contributed by atoms with van der Waals surface area (Å²) in [6, 6.07) is 0. The Labute approximate surface area is 43.9 Å². The number of hydrogen-bond acceptors (Lipinski definition) is 2. The van der Waals surface area contributed by atoms with Gasteiger partial charge in [-0.1, -0.05) is 0 Å². The molecule has 0 radical (unpaired) electrons. The van der Waals surface area contributed by atoms with E-state index in [1.54, 1.807) is 0 Å². The van der Waals surface area contributed by atoms with Gasteiger partial charge < -0.3 is 4.74 Å². The van der Waals surface area contributed by atoms with Gasteiger partial charge in [-0.3, -0.25) is 4.79 Å². The van der Waals surface area contributed by atoms with Crippen LogP contribution in [0.3, 0.4) is 0 Å². The summed E-state index contributed by atoms with van der Waals surface area (Å²) in [5.74, 6) is 0. The van der Waals surface area contributed by atoms with E-state index in [-0.39, 0.29) is 4.67 Å². The topological polar surface area (TPSA) is 26.3 Å². The Morgan fingerprint density at radius 2 is 2.50 bits per heavy atom. The highest BCUT2D eigenvalue weighted by Gasteiger charge is 1.76. The van der Waals surface area contributed by atoms with E-state index in [1.165, 1.54) is 0 Å². The Bertz CT molecular complexity index is 69.2. The maximum atomic E-state index is 9.30. The summed E-state index contributed by atoms with van der Waals surface area (Å²) in [5.41, 5.74) is 0. The van der Waals surface area contributed by atoms with E-state index in [0.29, 0.717) is 6.47 Å². The van der Waals surface area contributed by atoms with Gasteiger partial charge in [0.05, 0.1) is 0 Å². The van der Waals surface area contributed by atoms with E-state index in [4.69, 9.17) is 0 Å². The lowest BCUT2D eigenvalue weighted by Crippen LogP contribution is -1.74. The SMILES string of the molecule is C=C(Br)OC=O. The third kappa shape index (κ3) is 3.69. The van der Waals surface area contributed by atoms with Crippen LogP contribution in [0.15, 0.2) is 11.2 Å². The smallest absolute Gasteiger partial charge is 0.298 e. The zero-order valence-corrected chi connectivity index (χ0v) is 4.56. The van der Waals surface area contributed by atoms with Crippen molar-refractivity contribution < 1.29 is 9.53 Å². The molecule has 2 nitrogen and oxygen atoms in total. The fourth-order valence-electron chi connectivity index (χ4n) is 0.0522. The first-order valence-corrected chi connectivity index (χ1v) is 2.01. The highest BCUT2D eigenvalue weighted by Crippen LogP contribution is 1.97. The molecule has 0 atom stereocenters. The Balaban J connectivity index is 3.05. The lowest BCUT2D eigenvalue weighted by atomic mass is 11.1. The average Bonchev–Trinajstić information content (AvgIpc) is 1.35. The molecule has 3 heteroatoms. The Morgan fingerprint density at radius 3 is 2.50 bits per heavy atom. The number of carbonyl (C=O) groups is 1. The predicted molar refractivity (Wildman–Crippen MR) is 25.2 cm³/mol. The minimum atomic E-state index is 0.234. The number of rotatable bonds is 2. The lowest BCUT2D eigenvalue weighted by Gasteiger charge is -1.83. The van der Waals surface area contributed by atoms with Gasteiger partial charge in [-0.2, -0.15) is 0 Å². The molecule has 0 aromatic heterocycles. The molecule has 0 bridgehead atoms. The zero-order valence-electron chi connectivity index (χ0n) is 2.98. The molecule has 0 heterocycles. The molecule has 0 aromatic rings. The molecule has 0 saturated carbocycles. The largest absolute Gasteiger partial charge is 0.422 e. The maximum Gasteiger partial charge on any atom is 0.298 e. The van der Waals surface area contributed by atoms with Gasteiger partial charge in [0.2, 0.25) is 0 Å². The predicted octanol–water partition coefficient (Wildman–Crippen LogP) is 1.03. The maximum absolute atomic E-state index is 9.30. The number of carbonyl (C=O) groups excluding carboxylic acids is 1. The lowest BCUT2D eigenvalue weighted by molar-refractivity contribution is -0.124. The van der Waals surface area contributed by atoms with Crippen LogP contribution >= 0.6 is 15.9 Å². The van der Waals surface area contributed by atoms with Crippen LogP contribution in [0.1, 0.15) is 0 Å². The molecular weight excluding hydrogens is 148 g/mol. The van der Waals surface area contributed by atoms with E-state index < -0.39 is 0 Å². The van der Waals surface area contributed by atoms with Crippen molar-refractivity contribution in [3.8, 4) is 0 Å². The van der Waals surface area contributed by atoms with Crippen LogP contribution in [0, 0.1) is 0 Å². The molecule has 0 rings (SSSR count). The van der Waals surface area contributed by atoms with Gasteiger partial charge in [0, 0.05) is 0 Å². The van der Waals surface area contributed by atoms with Crippen molar-refractivity contribution in [1.29, 1.82) is 0 Å². The van der Waals surface area contributed by atoms with Crippen LogP contribution in [-0.4, -0.2) is 6.47 Å². The van der Waals surface area contributed by atoms with Gasteiger partial charge in [-0.15, -0.1) is 0 Å². The monoisotopic (exact) mass is 150 g/mol. The van der Waals surface area contributed by atoms with Crippen molar-refractivity contribution >= 4 is 22.4 Å². The molecule has 0 aromatic carbocycles. The summed E-state index contributed by atoms with van der Waals surface area (Å²) in [5, 5.41) is 0. The molecule has 0 aliphatic rings. The summed E-state index contributed by atoms with van der Waals surface area (Å²) in [6.07, 6.45) is 0. The quantitative estimate of drug-likeness (QED) is 0.435. The third-order valence-electron chi connectivity index (χ3n) is 0.176. The molecule has 0 aliphatic carbocycles. The first-order chi connectivity index (χ1) is 2.77. The highest BCUT2D eigenvalue weighted by atomic mass is 79.9. The van der Waals surface area contributed by atoms with Crippen molar-refractivity contribution in [2.24, 2.45) is 0 Å². The molecule has 0 amide bonds. The van der Waals surface area contributed by atoms with Gasteiger partial charge in [0.25, 0.3) is 6.47 Å². The van der Waals surface area contributed by atoms with Crippen LogP contribution in [0.4, 0.5) is 0 Å². The number of ether oxygens (including phenoxy) is 1. The summed E-state index contributed by atoms with van der Waals surface area (Å²) in [6.45, 7) is 3.51. The van der Waals surface area contributed by atoms with Crippen molar-refractivity contribution in [3.05, 3.63) is 11.2 Å². The molecule has 0 spiro atoms. The molecule has 6 heavy (non-hydrogen) atoms. The molecule has 0 fully saturated rings. The summed E-state index contributed by atoms with van der Waals surface area (Å²) in [7, 11) is 0. The molecule has 34 valence electrons. The van der Waals surface area contributed by atoms with Crippen LogP contribution in [0.2, 0.25) is 0 Å². The van der Waals surface area contributed by atoms with Crippen LogP contribution in [-0.2, 0) is 9.53 Å². The van der Waals surface area contributed by atoms with E-state index in [0.717, 1.165) is 0 Å². The molecule has 0 N–H and O–H groups in total. The van der Waals surface area contributed by atoms with Crippen molar-refractivity contribution in [3.63, 3.8) is 0 Å². The normalized spacial score (nSPS) is 6.83. The Morgan fingerprint density at radius 1 is 2.00 bits per heavy atom. The van der Waals surface area contributed by atoms with E-state index in [1.807, 2.05) is 0 Å². The standard InChI is InChI=1S/C3H3BrO2/c1-3(4)6-2-5/h2H,1H2. The second kappa shape index (κ2) is 2.90. The van der Waals surface area contributed by atoms with Gasteiger partial charge >= 0.3 is 0 Å². The number of halogens is 1. The zero-order chi connectivity index (χ0) is 4.99. The van der Waals surface area contributed by atoms with E-state index >= 15 is 0 Å². The summed E-state index contributed by atoms with van der Waals surface area (Å²) < 4.78 is 4.32. The molecule has 0 saturated heterocycles. The van der Waals surface area contributed by atoms with Gasteiger partial charge in [0.1, 0.15) is 0 Å². The second-order valence-electron chi connectivity index (χ2n) is 0.569. The molecular formula is C3H3BrO2. The van der Waals surface area contributed by atoms with Crippen molar-refractivity contribution in [2.75, 3.05) is 0 Å². The van der Waals surface area contributed by atoms with Gasteiger partial charge in [-0.25, -0.2) is 0 Å². The number of hydrogen-bond donors (Lipinski definition) is 0. The first-order valence-electron chi connectivity index (χ1n) is 1.22. The van der Waals surface area contributed by atoms with E-state index in [9.17, 15) is 4.79 Å². The van der Waals surface area contributed by atoms with Crippen LogP contribution in [0.5, 0.6) is 0 Å². The summed E-state index contributed by atoms with van der Waals surface area (Å²) in [4.78, 5) is 9.30. The third-order valence-corrected chi connectivity index (χ3v) is 0.363. The molecule has 0 aliphatic heterocycles. The van der Waals surface area contributed by atoms with Crippen molar-refractivity contribution in [1.82, 2.24) is 0 Å². The minimum Gasteiger partial charge on any atom is -0.422 e. The van der Waals surface area contributed by atoms with Crippen LogP contribution < -0.4 is 0 Å².